The van der Waals surface area contributed by atoms with E-state index < -0.39 is 44.2 Å². The number of ether oxygens (including phenoxy) is 1. The molecule has 0 aliphatic rings. The Balaban J connectivity index is 2.22. The molecule has 3 aromatic rings. The highest BCUT2D eigenvalue weighted by Crippen LogP contribution is 2.32. The third kappa shape index (κ3) is 4.06. The Morgan fingerprint density at radius 3 is 2.24 bits per heavy atom. The number of halogens is 5. The zero-order valence-corrected chi connectivity index (χ0v) is 15.6. The number of rotatable bonds is 4. The predicted octanol–water partition coefficient (Wildman–Crippen LogP) is 3.64. The Morgan fingerprint density at radius 1 is 1.03 bits per heavy atom. The van der Waals surface area contributed by atoms with E-state index in [1.165, 1.54) is 19.2 Å². The molecule has 0 radical (unpaired) electrons. The predicted molar refractivity (Wildman–Crippen MR) is 91.4 cm³/mol. The molecule has 6 nitrogen and oxygen atoms in total. The van der Waals surface area contributed by atoms with Crippen molar-refractivity contribution in [3.63, 3.8) is 0 Å². The lowest BCUT2D eigenvalue weighted by atomic mass is 10.2. The molecule has 0 aliphatic heterocycles. The van der Waals surface area contributed by atoms with Crippen LogP contribution in [0.25, 0.3) is 17.1 Å². The fraction of sp³-hybridized carbons (Fsp3) is 0.176. The van der Waals surface area contributed by atoms with E-state index in [0.717, 1.165) is 24.5 Å². The fourth-order valence-corrected chi connectivity index (χ4v) is 3.26. The highest BCUT2D eigenvalue weighted by molar-refractivity contribution is 7.90. The lowest BCUT2D eigenvalue weighted by Gasteiger charge is -2.09. The Morgan fingerprint density at radius 2 is 1.72 bits per heavy atom. The van der Waals surface area contributed by atoms with E-state index in [2.05, 4.69) is 10.1 Å². The van der Waals surface area contributed by atoms with Crippen molar-refractivity contribution in [1.29, 1.82) is 0 Å². The van der Waals surface area contributed by atoms with Crippen molar-refractivity contribution in [2.24, 2.45) is 0 Å². The number of aromatic nitrogens is 3. The van der Waals surface area contributed by atoms with Gasteiger partial charge in [-0.25, -0.2) is 26.9 Å². The first-order chi connectivity index (χ1) is 13.4. The maximum atomic E-state index is 14.2. The van der Waals surface area contributed by atoms with Crippen LogP contribution in [0, 0.1) is 11.6 Å². The van der Waals surface area contributed by atoms with E-state index in [-0.39, 0.29) is 17.0 Å². The highest BCUT2D eigenvalue weighted by Gasteiger charge is 2.37. The molecule has 0 atom stereocenters. The van der Waals surface area contributed by atoms with Gasteiger partial charge in [0.2, 0.25) is 0 Å². The molecular weight excluding hydrogens is 421 g/mol. The van der Waals surface area contributed by atoms with Gasteiger partial charge in [-0.1, -0.05) is 0 Å². The molecule has 0 N–H and O–H groups in total. The van der Waals surface area contributed by atoms with Crippen molar-refractivity contribution in [2.75, 3.05) is 13.4 Å². The van der Waals surface area contributed by atoms with Gasteiger partial charge >= 0.3 is 6.18 Å². The minimum atomic E-state index is -4.92. The van der Waals surface area contributed by atoms with Crippen LogP contribution in [0.1, 0.15) is 5.82 Å². The van der Waals surface area contributed by atoms with Gasteiger partial charge in [-0.05, 0) is 30.3 Å². The second-order valence-corrected chi connectivity index (χ2v) is 7.89. The normalized spacial score (nSPS) is 12.2. The maximum absolute atomic E-state index is 14.2. The molecule has 12 heteroatoms. The molecule has 0 saturated carbocycles. The van der Waals surface area contributed by atoms with Crippen LogP contribution in [0.2, 0.25) is 0 Å². The van der Waals surface area contributed by atoms with E-state index >= 15 is 0 Å². The molecule has 0 spiro atoms. The van der Waals surface area contributed by atoms with Crippen LogP contribution in [0.15, 0.2) is 41.3 Å². The standard InChI is InChI=1S/C17H12F5N3O3S/c1-28-13-5-3-9(7-11(13)18)15-23-16(17(20,21)22)24-25(15)10-4-6-14(12(19)8-10)29(2,26)27/h3-8H,1-2H3. The first-order valence-corrected chi connectivity index (χ1v) is 9.69. The smallest absolute Gasteiger partial charge is 0.453 e. The summed E-state index contributed by atoms with van der Waals surface area (Å²) in [7, 11) is -2.67. The molecule has 2 aromatic carbocycles. The molecule has 29 heavy (non-hydrogen) atoms. The summed E-state index contributed by atoms with van der Waals surface area (Å²) in [5.41, 5.74) is -0.317. The number of sulfone groups is 1. The lowest BCUT2D eigenvalue weighted by molar-refractivity contribution is -0.144. The van der Waals surface area contributed by atoms with E-state index in [0.29, 0.717) is 10.7 Å². The summed E-state index contributed by atoms with van der Waals surface area (Å²) in [5, 5.41) is 3.34. The number of hydrogen-bond acceptors (Lipinski definition) is 5. The highest BCUT2D eigenvalue weighted by atomic mass is 32.2. The number of alkyl halides is 3. The van der Waals surface area contributed by atoms with Gasteiger partial charge in [0.05, 0.1) is 12.8 Å². The largest absolute Gasteiger partial charge is 0.494 e. The van der Waals surface area contributed by atoms with Crippen LogP contribution in [0.3, 0.4) is 0 Å². The minimum Gasteiger partial charge on any atom is -0.494 e. The summed E-state index contributed by atoms with van der Waals surface area (Å²) in [4.78, 5) is 2.77. The molecule has 3 rings (SSSR count). The van der Waals surface area contributed by atoms with Crippen molar-refractivity contribution in [3.8, 4) is 22.8 Å². The number of methoxy groups -OCH3 is 1. The van der Waals surface area contributed by atoms with Crippen molar-refractivity contribution >= 4 is 9.84 Å². The molecule has 0 aliphatic carbocycles. The van der Waals surface area contributed by atoms with Gasteiger partial charge < -0.3 is 4.74 Å². The number of nitrogens with zero attached hydrogens (tertiary/aromatic N) is 3. The fourth-order valence-electron chi connectivity index (χ4n) is 2.53. The molecule has 1 aromatic heterocycles. The second-order valence-electron chi connectivity index (χ2n) is 5.90. The topological polar surface area (TPSA) is 74.1 Å². The summed E-state index contributed by atoms with van der Waals surface area (Å²) in [6, 6.07) is 5.99. The van der Waals surface area contributed by atoms with Gasteiger partial charge in [0.15, 0.2) is 27.2 Å². The minimum absolute atomic E-state index is 0.0844. The van der Waals surface area contributed by atoms with E-state index in [1.807, 2.05) is 0 Å². The van der Waals surface area contributed by atoms with Crippen molar-refractivity contribution in [1.82, 2.24) is 14.8 Å². The molecular formula is C17H12F5N3O3S. The van der Waals surface area contributed by atoms with Crippen LogP contribution in [0.5, 0.6) is 5.75 Å². The van der Waals surface area contributed by atoms with Gasteiger partial charge in [0.25, 0.3) is 5.82 Å². The van der Waals surface area contributed by atoms with Crippen LogP contribution < -0.4 is 4.74 Å². The van der Waals surface area contributed by atoms with Gasteiger partial charge in [-0.3, -0.25) is 0 Å². The van der Waals surface area contributed by atoms with Crippen molar-refractivity contribution in [3.05, 3.63) is 53.9 Å². The second kappa shape index (κ2) is 7.10. The third-order valence-electron chi connectivity index (χ3n) is 3.83. The monoisotopic (exact) mass is 433 g/mol. The van der Waals surface area contributed by atoms with E-state index in [9.17, 15) is 30.4 Å². The van der Waals surface area contributed by atoms with Gasteiger partial charge in [-0.15, -0.1) is 5.10 Å². The number of hydrogen-bond donors (Lipinski definition) is 0. The molecule has 0 amide bonds. The van der Waals surface area contributed by atoms with E-state index in [1.54, 1.807) is 0 Å². The quantitative estimate of drug-likeness (QED) is 0.588. The summed E-state index contributed by atoms with van der Waals surface area (Å²) in [6.07, 6.45) is -4.13. The Labute approximate surface area is 161 Å². The van der Waals surface area contributed by atoms with Gasteiger partial charge in [-0.2, -0.15) is 13.2 Å². The maximum Gasteiger partial charge on any atom is 0.453 e. The first kappa shape index (κ1) is 20.7. The summed E-state index contributed by atoms with van der Waals surface area (Å²) >= 11 is 0. The van der Waals surface area contributed by atoms with Gasteiger partial charge in [0.1, 0.15) is 10.7 Å². The Bertz CT molecular complexity index is 1190. The summed E-state index contributed by atoms with van der Waals surface area (Å²) in [5.74, 6) is -4.13. The van der Waals surface area contributed by atoms with Crippen molar-refractivity contribution < 1.29 is 35.1 Å². The molecule has 154 valence electrons. The molecule has 0 fully saturated rings. The Kier molecular flexibility index (Phi) is 5.07. The third-order valence-corrected chi connectivity index (χ3v) is 4.96. The molecule has 1 heterocycles. The van der Waals surface area contributed by atoms with Crippen LogP contribution in [-0.4, -0.2) is 36.5 Å². The molecule has 0 saturated heterocycles. The number of benzene rings is 2. The van der Waals surface area contributed by atoms with E-state index in [4.69, 9.17) is 4.74 Å². The van der Waals surface area contributed by atoms with Crippen LogP contribution in [0.4, 0.5) is 22.0 Å². The van der Waals surface area contributed by atoms with Crippen molar-refractivity contribution in [2.45, 2.75) is 11.1 Å². The van der Waals surface area contributed by atoms with Crippen LogP contribution in [-0.2, 0) is 16.0 Å². The van der Waals surface area contributed by atoms with Gasteiger partial charge in [0, 0.05) is 17.9 Å². The molecule has 0 bridgehead atoms. The van der Waals surface area contributed by atoms with Crippen LogP contribution >= 0.6 is 0 Å². The summed E-state index contributed by atoms with van der Waals surface area (Å²) in [6.45, 7) is 0. The zero-order valence-electron chi connectivity index (χ0n) is 14.8. The first-order valence-electron chi connectivity index (χ1n) is 7.80. The lowest BCUT2D eigenvalue weighted by Crippen LogP contribution is -2.09. The average Bonchev–Trinajstić information content (AvgIpc) is 3.06. The Hall–Kier alpha value is -3.02. The zero-order chi connectivity index (χ0) is 21.6. The summed E-state index contributed by atoms with van der Waals surface area (Å²) < 4.78 is 96.1. The molecule has 0 unspecified atom stereocenters. The average molecular weight is 433 g/mol. The SMILES string of the molecule is COc1ccc(-c2nc(C(F)(F)F)nn2-c2ccc(S(C)(=O)=O)c(F)c2)cc1F.